The molecule has 2 N–H and O–H groups in total. The lowest BCUT2D eigenvalue weighted by atomic mass is 9.85. The van der Waals surface area contributed by atoms with Gasteiger partial charge in [-0.1, -0.05) is 69.4 Å². The number of ether oxygens (including phenoxy) is 1. The van der Waals surface area contributed by atoms with E-state index < -0.39 is 27.9 Å². The van der Waals surface area contributed by atoms with Crippen molar-refractivity contribution >= 4 is 33.7 Å². The summed E-state index contributed by atoms with van der Waals surface area (Å²) in [6, 6.07) is 12.3. The van der Waals surface area contributed by atoms with E-state index in [1.54, 1.807) is 6.07 Å². The first kappa shape index (κ1) is 34.1. The summed E-state index contributed by atoms with van der Waals surface area (Å²) in [4.78, 5) is 25.2. The van der Waals surface area contributed by atoms with E-state index in [0.717, 1.165) is 36.0 Å². The van der Waals surface area contributed by atoms with Crippen LogP contribution in [0.3, 0.4) is 0 Å². The van der Waals surface area contributed by atoms with Crippen molar-refractivity contribution in [3.05, 3.63) is 59.2 Å². The predicted molar refractivity (Wildman–Crippen MR) is 170 cm³/mol. The molecule has 3 rings (SSSR count). The first-order chi connectivity index (χ1) is 20.0. The lowest BCUT2D eigenvalue weighted by molar-refractivity contribution is -0.139. The normalized spacial score (nSPS) is 15.8. The lowest BCUT2D eigenvalue weighted by Gasteiger charge is -2.30. The second-order valence-corrected chi connectivity index (χ2v) is 14.2. The molecule has 0 spiro atoms. The standard InChI is InChI=1S/C32H46N2O6S2/c1-5-34(42(4,38)39)21-26(19-24-12-7-6-8-13-24)40-22-25-15-16-28(29(20-25)27-14-10-9-11-23(27)2)31(35)33-30(32(36)37)17-18-41-3/h9-11,14-16,20,24,26,30H,5-8,12-13,17-19,21-22H2,1-4H3,(H,33,35)(H,36,37). The zero-order chi connectivity index (χ0) is 30.7. The molecule has 1 aliphatic carbocycles. The van der Waals surface area contributed by atoms with Crippen LogP contribution in [0.2, 0.25) is 0 Å². The number of amides is 1. The molecule has 0 aromatic heterocycles. The summed E-state index contributed by atoms with van der Waals surface area (Å²) >= 11 is 1.53. The zero-order valence-corrected chi connectivity index (χ0v) is 26.9. The highest BCUT2D eigenvalue weighted by Crippen LogP contribution is 2.31. The molecule has 42 heavy (non-hydrogen) atoms. The van der Waals surface area contributed by atoms with Crippen LogP contribution in [0.25, 0.3) is 11.1 Å². The Labute approximate surface area is 255 Å². The number of nitrogens with zero attached hydrogens (tertiary/aromatic N) is 1. The van der Waals surface area contributed by atoms with E-state index in [-0.39, 0.29) is 12.7 Å². The summed E-state index contributed by atoms with van der Waals surface area (Å²) in [5.74, 6) is -0.353. The Hall–Kier alpha value is -2.40. The molecule has 0 aliphatic heterocycles. The second-order valence-electron chi connectivity index (χ2n) is 11.2. The van der Waals surface area contributed by atoms with Gasteiger partial charge in [-0.3, -0.25) is 4.79 Å². The fourth-order valence-corrected chi connectivity index (χ4v) is 7.01. The molecular formula is C32H46N2O6S2. The first-order valence-corrected chi connectivity index (χ1v) is 18.1. The molecule has 232 valence electrons. The topological polar surface area (TPSA) is 113 Å². The van der Waals surface area contributed by atoms with Gasteiger partial charge in [-0.25, -0.2) is 13.2 Å². The number of benzene rings is 2. The van der Waals surface area contributed by atoms with E-state index in [4.69, 9.17) is 4.74 Å². The van der Waals surface area contributed by atoms with Gasteiger partial charge < -0.3 is 15.2 Å². The van der Waals surface area contributed by atoms with Crippen molar-refractivity contribution in [1.82, 2.24) is 9.62 Å². The quantitative estimate of drug-likeness (QED) is 0.247. The maximum absolute atomic E-state index is 13.4. The first-order valence-electron chi connectivity index (χ1n) is 14.8. The van der Waals surface area contributed by atoms with Crippen LogP contribution < -0.4 is 5.32 Å². The fraction of sp³-hybridized carbons (Fsp3) is 0.562. The number of carboxylic acid groups (broad SMARTS) is 1. The van der Waals surface area contributed by atoms with Crippen molar-refractivity contribution in [2.45, 2.75) is 77.5 Å². The highest BCUT2D eigenvalue weighted by molar-refractivity contribution is 7.98. The number of rotatable bonds is 16. The number of likely N-dealkylation sites (N-methyl/N-ethyl adjacent to an activating group) is 1. The van der Waals surface area contributed by atoms with Gasteiger partial charge in [-0.2, -0.15) is 16.1 Å². The molecule has 0 bridgehead atoms. The van der Waals surface area contributed by atoms with E-state index in [9.17, 15) is 23.1 Å². The van der Waals surface area contributed by atoms with Crippen molar-refractivity contribution < 1.29 is 27.9 Å². The van der Waals surface area contributed by atoms with Gasteiger partial charge in [0.2, 0.25) is 10.0 Å². The Kier molecular flexibility index (Phi) is 13.4. The molecule has 10 heteroatoms. The van der Waals surface area contributed by atoms with Gasteiger partial charge in [0.1, 0.15) is 6.04 Å². The highest BCUT2D eigenvalue weighted by atomic mass is 32.2. The maximum atomic E-state index is 13.4. The minimum atomic E-state index is -3.35. The van der Waals surface area contributed by atoms with Gasteiger partial charge in [0.25, 0.3) is 5.91 Å². The van der Waals surface area contributed by atoms with E-state index in [2.05, 4.69) is 5.32 Å². The van der Waals surface area contributed by atoms with Crippen LogP contribution in [0.15, 0.2) is 42.5 Å². The van der Waals surface area contributed by atoms with Crippen LogP contribution in [-0.2, 0) is 26.2 Å². The number of aliphatic carboxylic acids is 1. The molecule has 0 heterocycles. The van der Waals surface area contributed by atoms with Gasteiger partial charge in [0.05, 0.1) is 19.0 Å². The Morgan fingerprint density at radius 3 is 2.45 bits per heavy atom. The molecule has 1 saturated carbocycles. The molecule has 2 atom stereocenters. The second kappa shape index (κ2) is 16.4. The molecule has 1 aliphatic rings. The number of carbonyl (C=O) groups excluding carboxylic acids is 1. The molecule has 2 unspecified atom stereocenters. The number of hydrogen-bond acceptors (Lipinski definition) is 6. The Morgan fingerprint density at radius 2 is 1.83 bits per heavy atom. The molecule has 2 aromatic carbocycles. The Bertz CT molecular complexity index is 1290. The van der Waals surface area contributed by atoms with Gasteiger partial charge in [0.15, 0.2) is 0 Å². The SMILES string of the molecule is CCN(CC(CC1CCCCC1)OCc1ccc(C(=O)NC(CCSC)C(=O)O)c(-c2ccccc2C)c1)S(C)(=O)=O. The number of aryl methyl sites for hydroxylation is 1. The highest BCUT2D eigenvalue weighted by Gasteiger charge is 2.26. The summed E-state index contributed by atoms with van der Waals surface area (Å²) in [6.45, 7) is 4.78. The minimum Gasteiger partial charge on any atom is -0.480 e. The number of nitrogens with one attached hydrogen (secondary N) is 1. The zero-order valence-electron chi connectivity index (χ0n) is 25.3. The van der Waals surface area contributed by atoms with Crippen LogP contribution in [0.4, 0.5) is 0 Å². The average Bonchev–Trinajstić information content (AvgIpc) is 2.96. The number of carbonyl (C=O) groups is 2. The smallest absolute Gasteiger partial charge is 0.326 e. The summed E-state index contributed by atoms with van der Waals surface area (Å²) in [7, 11) is -3.35. The van der Waals surface area contributed by atoms with Crippen molar-refractivity contribution in [3.8, 4) is 11.1 Å². The Balaban J connectivity index is 1.88. The monoisotopic (exact) mass is 618 g/mol. The third-order valence-electron chi connectivity index (χ3n) is 8.01. The molecule has 0 saturated heterocycles. The molecule has 2 aromatic rings. The molecule has 1 amide bonds. The Morgan fingerprint density at radius 1 is 1.12 bits per heavy atom. The number of thioether (sulfide) groups is 1. The summed E-state index contributed by atoms with van der Waals surface area (Å²) in [5, 5.41) is 12.4. The van der Waals surface area contributed by atoms with Crippen LogP contribution >= 0.6 is 11.8 Å². The summed E-state index contributed by atoms with van der Waals surface area (Å²) < 4.78 is 32.6. The summed E-state index contributed by atoms with van der Waals surface area (Å²) in [6.07, 6.45) is 9.96. The average molecular weight is 619 g/mol. The summed E-state index contributed by atoms with van der Waals surface area (Å²) in [5.41, 5.74) is 3.84. The van der Waals surface area contributed by atoms with E-state index in [1.165, 1.54) is 41.6 Å². The number of hydrogen-bond donors (Lipinski definition) is 2. The number of carboxylic acids is 1. The number of sulfonamides is 1. The van der Waals surface area contributed by atoms with Crippen LogP contribution in [0, 0.1) is 12.8 Å². The van der Waals surface area contributed by atoms with Gasteiger partial charge in [-0.15, -0.1) is 0 Å². The lowest BCUT2D eigenvalue weighted by Crippen LogP contribution is -2.41. The van der Waals surface area contributed by atoms with Gasteiger partial charge >= 0.3 is 5.97 Å². The van der Waals surface area contributed by atoms with Crippen molar-refractivity contribution in [2.75, 3.05) is 31.4 Å². The van der Waals surface area contributed by atoms with E-state index in [0.29, 0.717) is 42.3 Å². The predicted octanol–water partition coefficient (Wildman–Crippen LogP) is 5.74. The minimum absolute atomic E-state index is 0.250. The molecule has 8 nitrogen and oxygen atoms in total. The largest absolute Gasteiger partial charge is 0.480 e. The van der Waals surface area contributed by atoms with Crippen LogP contribution in [0.1, 0.15) is 73.4 Å². The van der Waals surface area contributed by atoms with Crippen LogP contribution in [0.5, 0.6) is 0 Å². The molecule has 0 radical (unpaired) electrons. The third-order valence-corrected chi connectivity index (χ3v) is 10.0. The van der Waals surface area contributed by atoms with Crippen LogP contribution in [-0.4, -0.2) is 73.2 Å². The van der Waals surface area contributed by atoms with Gasteiger partial charge in [-0.05, 0) is 72.1 Å². The fourth-order valence-electron chi connectivity index (χ4n) is 5.64. The van der Waals surface area contributed by atoms with Gasteiger partial charge in [0, 0.05) is 18.7 Å². The maximum Gasteiger partial charge on any atom is 0.326 e. The van der Waals surface area contributed by atoms with E-state index in [1.807, 2.05) is 56.5 Å². The third kappa shape index (κ3) is 10.1. The van der Waals surface area contributed by atoms with Crippen molar-refractivity contribution in [1.29, 1.82) is 0 Å². The van der Waals surface area contributed by atoms with E-state index >= 15 is 0 Å². The van der Waals surface area contributed by atoms with Crippen molar-refractivity contribution in [2.24, 2.45) is 5.92 Å². The van der Waals surface area contributed by atoms with Crippen molar-refractivity contribution in [3.63, 3.8) is 0 Å². The molecule has 1 fully saturated rings. The molecular weight excluding hydrogens is 572 g/mol.